The molecule has 0 bridgehead atoms. The molecule has 18 heavy (non-hydrogen) atoms. The molecule has 0 unspecified atom stereocenters. The van der Waals surface area contributed by atoms with Gasteiger partial charge in [0.2, 0.25) is 0 Å². The van der Waals surface area contributed by atoms with Gasteiger partial charge in [-0.25, -0.2) is 0 Å². The van der Waals surface area contributed by atoms with Gasteiger partial charge in [0, 0.05) is 6.54 Å². The molecule has 0 aliphatic rings. The highest BCUT2D eigenvalue weighted by Crippen LogP contribution is 2.12. The molecule has 0 aliphatic heterocycles. The van der Waals surface area contributed by atoms with Crippen molar-refractivity contribution >= 4 is 0 Å². The Morgan fingerprint density at radius 1 is 1.28 bits per heavy atom. The van der Waals surface area contributed by atoms with Crippen LogP contribution >= 0.6 is 0 Å². The first-order valence-electron chi connectivity index (χ1n) is 6.20. The topological polar surface area (TPSA) is 47.3 Å². The summed E-state index contributed by atoms with van der Waals surface area (Å²) in [5.41, 5.74) is 1.97. The fourth-order valence-electron chi connectivity index (χ4n) is 1.55. The number of nitrogens with one attached hydrogen (secondary N) is 1. The van der Waals surface area contributed by atoms with Gasteiger partial charge in [-0.3, -0.25) is 0 Å². The quantitative estimate of drug-likeness (QED) is 0.763. The molecule has 0 saturated heterocycles. The van der Waals surface area contributed by atoms with Crippen LogP contribution in [0.4, 0.5) is 0 Å². The maximum Gasteiger partial charge on any atom is 0.394 e. The fourth-order valence-corrected chi connectivity index (χ4v) is 1.55. The third kappa shape index (κ3) is 3.89. The molecule has 0 aliphatic carbocycles. The molecule has 0 atom stereocenters. The van der Waals surface area contributed by atoms with Crippen LogP contribution in [0.5, 0.6) is 6.08 Å². The SMILES string of the molecule is CCCNCc1coc(OCc2ccccc2)n1. The molecule has 0 amide bonds. The molecule has 1 aromatic carbocycles. The van der Waals surface area contributed by atoms with E-state index in [9.17, 15) is 0 Å². The van der Waals surface area contributed by atoms with Gasteiger partial charge in [0.05, 0.1) is 5.69 Å². The number of nitrogens with zero attached hydrogens (tertiary/aromatic N) is 1. The molecular weight excluding hydrogens is 228 g/mol. The van der Waals surface area contributed by atoms with Crippen LogP contribution in [-0.2, 0) is 13.2 Å². The van der Waals surface area contributed by atoms with E-state index >= 15 is 0 Å². The molecule has 2 aromatic rings. The van der Waals surface area contributed by atoms with E-state index in [0.717, 1.165) is 24.2 Å². The Morgan fingerprint density at radius 3 is 2.89 bits per heavy atom. The van der Waals surface area contributed by atoms with Crippen molar-refractivity contribution < 1.29 is 9.15 Å². The molecule has 0 fully saturated rings. The number of rotatable bonds is 7. The van der Waals surface area contributed by atoms with Crippen molar-refractivity contribution in [3.63, 3.8) is 0 Å². The van der Waals surface area contributed by atoms with E-state index in [1.165, 1.54) is 0 Å². The average molecular weight is 246 g/mol. The van der Waals surface area contributed by atoms with Crippen molar-refractivity contribution in [3.8, 4) is 6.08 Å². The van der Waals surface area contributed by atoms with Crippen molar-refractivity contribution in [2.75, 3.05) is 6.54 Å². The number of benzene rings is 1. The van der Waals surface area contributed by atoms with Gasteiger partial charge < -0.3 is 14.5 Å². The number of ether oxygens (including phenoxy) is 1. The minimum Gasteiger partial charge on any atom is -0.445 e. The van der Waals surface area contributed by atoms with E-state index < -0.39 is 0 Å². The maximum atomic E-state index is 5.47. The highest BCUT2D eigenvalue weighted by molar-refractivity contribution is 5.14. The van der Waals surface area contributed by atoms with Crippen molar-refractivity contribution in [1.82, 2.24) is 10.3 Å². The van der Waals surface area contributed by atoms with Gasteiger partial charge in [0.1, 0.15) is 12.9 Å². The summed E-state index contributed by atoms with van der Waals surface area (Å²) >= 11 is 0. The second-order valence-electron chi connectivity index (χ2n) is 4.06. The number of oxazole rings is 1. The Kier molecular flexibility index (Phi) is 4.78. The molecule has 1 heterocycles. The summed E-state index contributed by atoms with van der Waals surface area (Å²) in [5, 5.41) is 3.26. The van der Waals surface area contributed by atoms with Crippen LogP contribution in [0.2, 0.25) is 0 Å². The minimum absolute atomic E-state index is 0.326. The van der Waals surface area contributed by atoms with Gasteiger partial charge in [0.25, 0.3) is 0 Å². The molecular formula is C14H18N2O2. The zero-order valence-electron chi connectivity index (χ0n) is 10.6. The third-order valence-electron chi connectivity index (χ3n) is 2.47. The molecule has 4 heteroatoms. The highest BCUT2D eigenvalue weighted by Gasteiger charge is 2.04. The Hall–Kier alpha value is -1.81. The Morgan fingerprint density at radius 2 is 2.11 bits per heavy atom. The van der Waals surface area contributed by atoms with Gasteiger partial charge in [-0.05, 0) is 18.5 Å². The standard InChI is InChI=1S/C14H18N2O2/c1-2-8-15-9-13-11-18-14(16-13)17-10-12-6-4-3-5-7-12/h3-7,11,15H,2,8-10H2,1H3. The smallest absolute Gasteiger partial charge is 0.394 e. The Labute approximate surface area is 107 Å². The minimum atomic E-state index is 0.326. The van der Waals surface area contributed by atoms with E-state index in [4.69, 9.17) is 9.15 Å². The largest absolute Gasteiger partial charge is 0.445 e. The predicted octanol–water partition coefficient (Wildman–Crippen LogP) is 2.75. The summed E-state index contributed by atoms with van der Waals surface area (Å²) in [5.74, 6) is 0. The fraction of sp³-hybridized carbons (Fsp3) is 0.357. The van der Waals surface area contributed by atoms with Crippen LogP contribution in [0.25, 0.3) is 0 Å². The van der Waals surface area contributed by atoms with E-state index in [-0.39, 0.29) is 0 Å². The number of hydrogen-bond acceptors (Lipinski definition) is 4. The Balaban J connectivity index is 1.80. The molecule has 96 valence electrons. The van der Waals surface area contributed by atoms with Crippen LogP contribution in [0.3, 0.4) is 0 Å². The van der Waals surface area contributed by atoms with Crippen LogP contribution in [0, 0.1) is 0 Å². The van der Waals surface area contributed by atoms with Crippen molar-refractivity contribution in [1.29, 1.82) is 0 Å². The Bertz CT molecular complexity index is 454. The molecule has 1 N–H and O–H groups in total. The van der Waals surface area contributed by atoms with Crippen LogP contribution in [0.1, 0.15) is 24.6 Å². The molecule has 1 aromatic heterocycles. The summed E-state index contributed by atoms with van der Waals surface area (Å²) < 4.78 is 10.7. The van der Waals surface area contributed by atoms with Crippen LogP contribution in [-0.4, -0.2) is 11.5 Å². The average Bonchev–Trinajstić information content (AvgIpc) is 2.86. The van der Waals surface area contributed by atoms with E-state index in [0.29, 0.717) is 19.2 Å². The van der Waals surface area contributed by atoms with Crippen molar-refractivity contribution in [2.45, 2.75) is 26.5 Å². The van der Waals surface area contributed by atoms with Gasteiger partial charge in [-0.15, -0.1) is 0 Å². The van der Waals surface area contributed by atoms with Gasteiger partial charge in [0.15, 0.2) is 0 Å². The van der Waals surface area contributed by atoms with Crippen molar-refractivity contribution in [3.05, 3.63) is 47.9 Å². The number of aromatic nitrogens is 1. The predicted molar refractivity (Wildman–Crippen MR) is 69.3 cm³/mol. The first-order valence-corrected chi connectivity index (χ1v) is 6.20. The van der Waals surface area contributed by atoms with Gasteiger partial charge in [-0.2, -0.15) is 4.98 Å². The highest BCUT2D eigenvalue weighted by atomic mass is 16.6. The summed E-state index contributed by atoms with van der Waals surface area (Å²) in [6.07, 6.45) is 3.06. The molecule has 4 nitrogen and oxygen atoms in total. The molecule has 0 saturated carbocycles. The summed E-state index contributed by atoms with van der Waals surface area (Å²) in [6.45, 7) is 4.30. The van der Waals surface area contributed by atoms with E-state index in [2.05, 4.69) is 17.2 Å². The summed E-state index contributed by atoms with van der Waals surface area (Å²) in [6, 6.07) is 9.95. The lowest BCUT2D eigenvalue weighted by Gasteiger charge is -2.00. The lowest BCUT2D eigenvalue weighted by Crippen LogP contribution is -2.13. The van der Waals surface area contributed by atoms with E-state index in [1.54, 1.807) is 6.26 Å². The lowest BCUT2D eigenvalue weighted by molar-refractivity contribution is 0.220. The normalized spacial score (nSPS) is 10.5. The lowest BCUT2D eigenvalue weighted by atomic mass is 10.2. The molecule has 0 spiro atoms. The zero-order valence-corrected chi connectivity index (χ0v) is 10.6. The van der Waals surface area contributed by atoms with Gasteiger partial charge in [-0.1, -0.05) is 37.3 Å². The van der Waals surface area contributed by atoms with Crippen LogP contribution in [0.15, 0.2) is 41.0 Å². The monoisotopic (exact) mass is 246 g/mol. The first kappa shape index (κ1) is 12.6. The second kappa shape index (κ2) is 6.81. The maximum absolute atomic E-state index is 5.47. The third-order valence-corrected chi connectivity index (χ3v) is 2.47. The number of hydrogen-bond donors (Lipinski definition) is 1. The zero-order chi connectivity index (χ0) is 12.6. The van der Waals surface area contributed by atoms with Gasteiger partial charge >= 0.3 is 6.08 Å². The summed E-state index contributed by atoms with van der Waals surface area (Å²) in [7, 11) is 0. The molecule has 2 rings (SSSR count). The summed E-state index contributed by atoms with van der Waals surface area (Å²) in [4.78, 5) is 4.25. The first-order chi connectivity index (χ1) is 8.88. The second-order valence-corrected chi connectivity index (χ2v) is 4.06. The van der Waals surface area contributed by atoms with Crippen molar-refractivity contribution in [2.24, 2.45) is 0 Å². The van der Waals surface area contributed by atoms with E-state index in [1.807, 2.05) is 30.3 Å². The van der Waals surface area contributed by atoms with Crippen LogP contribution < -0.4 is 10.1 Å². The molecule has 0 radical (unpaired) electrons.